The van der Waals surface area contributed by atoms with Gasteiger partial charge in [-0.25, -0.2) is 4.98 Å². The first-order valence-corrected chi connectivity index (χ1v) is 4.44. The lowest BCUT2D eigenvalue weighted by Crippen LogP contribution is -1.86. The van der Waals surface area contributed by atoms with Crippen molar-refractivity contribution in [2.24, 2.45) is 0 Å². The number of ether oxygens (including phenoxy) is 1. The van der Waals surface area contributed by atoms with Gasteiger partial charge in [0.2, 0.25) is 11.1 Å². The van der Waals surface area contributed by atoms with E-state index in [1.807, 2.05) is 24.3 Å². The van der Waals surface area contributed by atoms with Crippen LogP contribution in [0, 0.1) is 0 Å². The van der Waals surface area contributed by atoms with Crippen LogP contribution in [-0.2, 0) is 0 Å². The fourth-order valence-corrected chi connectivity index (χ4v) is 1.32. The Hall–Kier alpha value is -1.48. The van der Waals surface area contributed by atoms with E-state index in [1.165, 1.54) is 6.20 Å². The Morgan fingerprint density at radius 2 is 2.14 bits per heavy atom. The van der Waals surface area contributed by atoms with Crippen LogP contribution in [0.4, 0.5) is 0 Å². The lowest BCUT2D eigenvalue weighted by atomic mass is 10.2. The van der Waals surface area contributed by atoms with Gasteiger partial charge in [-0.05, 0) is 23.7 Å². The number of rotatable bonds is 2. The van der Waals surface area contributed by atoms with Gasteiger partial charge in [0.25, 0.3) is 0 Å². The van der Waals surface area contributed by atoms with Gasteiger partial charge in [0.05, 0.1) is 18.9 Å². The number of para-hydroxylation sites is 1. The van der Waals surface area contributed by atoms with Gasteiger partial charge < -0.3 is 9.15 Å². The number of halogens is 1. The number of aromatic nitrogens is 1. The summed E-state index contributed by atoms with van der Waals surface area (Å²) in [5.74, 6) is 1.18. The molecular weight excluding hydrogens is 202 g/mol. The second kappa shape index (κ2) is 3.72. The molecule has 0 atom stereocenters. The molecule has 0 aliphatic carbocycles. The van der Waals surface area contributed by atoms with Crippen molar-refractivity contribution in [1.29, 1.82) is 0 Å². The number of benzene rings is 1. The standard InChI is InChI=1S/C10H8ClNO2/c1-13-8-5-3-2-4-7(8)10-12-6-9(11)14-10/h2-6H,1H3. The molecule has 0 aliphatic heterocycles. The van der Waals surface area contributed by atoms with E-state index < -0.39 is 0 Å². The van der Waals surface area contributed by atoms with Crippen molar-refractivity contribution < 1.29 is 9.15 Å². The lowest BCUT2D eigenvalue weighted by molar-refractivity contribution is 0.414. The summed E-state index contributed by atoms with van der Waals surface area (Å²) in [5, 5.41) is 0.269. The molecule has 0 N–H and O–H groups in total. The first kappa shape index (κ1) is 9.09. The molecule has 0 saturated heterocycles. The molecule has 1 aromatic heterocycles. The highest BCUT2D eigenvalue weighted by atomic mass is 35.5. The summed E-state index contributed by atoms with van der Waals surface area (Å²) < 4.78 is 10.4. The zero-order valence-corrected chi connectivity index (χ0v) is 8.28. The summed E-state index contributed by atoms with van der Waals surface area (Å²) >= 11 is 5.64. The first-order valence-electron chi connectivity index (χ1n) is 4.06. The minimum absolute atomic E-state index is 0.269. The maximum absolute atomic E-state index is 5.64. The fourth-order valence-electron chi connectivity index (χ4n) is 1.20. The molecule has 0 fully saturated rings. The summed E-state index contributed by atoms with van der Waals surface area (Å²) in [6, 6.07) is 7.47. The monoisotopic (exact) mass is 209 g/mol. The molecule has 0 spiro atoms. The third kappa shape index (κ3) is 1.59. The summed E-state index contributed by atoms with van der Waals surface area (Å²) in [5.41, 5.74) is 0.793. The fraction of sp³-hybridized carbons (Fsp3) is 0.100. The van der Waals surface area contributed by atoms with Gasteiger partial charge in [-0.2, -0.15) is 0 Å². The van der Waals surface area contributed by atoms with E-state index in [9.17, 15) is 0 Å². The molecule has 0 unspecified atom stereocenters. The highest BCUT2D eigenvalue weighted by Crippen LogP contribution is 2.29. The van der Waals surface area contributed by atoms with Crippen LogP contribution in [0.15, 0.2) is 34.9 Å². The van der Waals surface area contributed by atoms with E-state index in [0.29, 0.717) is 11.6 Å². The van der Waals surface area contributed by atoms with Crippen molar-refractivity contribution in [1.82, 2.24) is 4.98 Å². The van der Waals surface area contributed by atoms with Gasteiger partial charge in [0.1, 0.15) is 5.75 Å². The number of oxazole rings is 1. The van der Waals surface area contributed by atoms with Crippen LogP contribution in [-0.4, -0.2) is 12.1 Å². The van der Waals surface area contributed by atoms with Gasteiger partial charge in [0, 0.05) is 0 Å². The predicted octanol–water partition coefficient (Wildman–Crippen LogP) is 3.00. The number of nitrogens with zero attached hydrogens (tertiary/aromatic N) is 1. The third-order valence-electron chi connectivity index (χ3n) is 1.81. The molecule has 1 heterocycles. The Morgan fingerprint density at radius 3 is 2.79 bits per heavy atom. The minimum atomic E-state index is 0.269. The Kier molecular flexibility index (Phi) is 2.41. The van der Waals surface area contributed by atoms with Crippen LogP contribution in [0.1, 0.15) is 0 Å². The predicted molar refractivity (Wildman–Crippen MR) is 53.5 cm³/mol. The normalized spacial score (nSPS) is 10.1. The molecule has 1 aromatic carbocycles. The highest BCUT2D eigenvalue weighted by Gasteiger charge is 2.09. The second-order valence-electron chi connectivity index (χ2n) is 2.67. The summed E-state index contributed by atoms with van der Waals surface area (Å²) in [6.07, 6.45) is 1.46. The highest BCUT2D eigenvalue weighted by molar-refractivity contribution is 6.28. The molecule has 3 nitrogen and oxygen atoms in total. The topological polar surface area (TPSA) is 35.3 Å². The van der Waals surface area contributed by atoms with Crippen molar-refractivity contribution in [3.05, 3.63) is 35.7 Å². The van der Waals surface area contributed by atoms with Gasteiger partial charge in [-0.3, -0.25) is 0 Å². The van der Waals surface area contributed by atoms with E-state index in [2.05, 4.69) is 4.98 Å². The summed E-state index contributed by atoms with van der Waals surface area (Å²) in [4.78, 5) is 4.02. The van der Waals surface area contributed by atoms with E-state index in [4.69, 9.17) is 20.8 Å². The van der Waals surface area contributed by atoms with E-state index in [-0.39, 0.29) is 5.22 Å². The summed E-state index contributed by atoms with van der Waals surface area (Å²) in [6.45, 7) is 0. The molecular formula is C10H8ClNO2. The quantitative estimate of drug-likeness (QED) is 0.763. The average molecular weight is 210 g/mol. The van der Waals surface area contributed by atoms with Gasteiger partial charge in [0.15, 0.2) is 0 Å². The molecule has 0 bridgehead atoms. The second-order valence-corrected chi connectivity index (χ2v) is 3.04. The lowest BCUT2D eigenvalue weighted by Gasteiger charge is -2.03. The van der Waals surface area contributed by atoms with Gasteiger partial charge in [-0.1, -0.05) is 12.1 Å². The maximum atomic E-state index is 5.64. The van der Waals surface area contributed by atoms with Crippen LogP contribution in [0.3, 0.4) is 0 Å². The SMILES string of the molecule is COc1ccccc1-c1ncc(Cl)o1. The molecule has 4 heteroatoms. The largest absolute Gasteiger partial charge is 0.496 e. The molecule has 0 saturated carbocycles. The van der Waals surface area contributed by atoms with Crippen molar-refractivity contribution in [2.75, 3.05) is 7.11 Å². The Balaban J connectivity index is 2.50. The molecule has 72 valence electrons. The van der Waals surface area contributed by atoms with Gasteiger partial charge in [-0.15, -0.1) is 0 Å². The van der Waals surface area contributed by atoms with E-state index in [1.54, 1.807) is 7.11 Å². The molecule has 0 radical (unpaired) electrons. The summed E-state index contributed by atoms with van der Waals surface area (Å²) in [7, 11) is 1.60. The Bertz CT molecular complexity index is 439. The van der Waals surface area contributed by atoms with Crippen molar-refractivity contribution >= 4 is 11.6 Å². The van der Waals surface area contributed by atoms with Crippen molar-refractivity contribution in [3.8, 4) is 17.2 Å². The molecule has 2 aromatic rings. The van der Waals surface area contributed by atoms with E-state index in [0.717, 1.165) is 5.56 Å². The van der Waals surface area contributed by atoms with Crippen LogP contribution >= 0.6 is 11.6 Å². The van der Waals surface area contributed by atoms with Crippen molar-refractivity contribution in [3.63, 3.8) is 0 Å². The molecule has 2 rings (SSSR count). The zero-order chi connectivity index (χ0) is 9.97. The molecule has 0 amide bonds. The first-order chi connectivity index (χ1) is 6.81. The van der Waals surface area contributed by atoms with Crippen molar-refractivity contribution in [2.45, 2.75) is 0 Å². The number of hydrogen-bond donors (Lipinski definition) is 0. The van der Waals surface area contributed by atoms with Crippen LogP contribution in [0.25, 0.3) is 11.5 Å². The Labute approximate surface area is 86.3 Å². The maximum Gasteiger partial charge on any atom is 0.231 e. The number of hydrogen-bond acceptors (Lipinski definition) is 3. The molecule has 14 heavy (non-hydrogen) atoms. The zero-order valence-electron chi connectivity index (χ0n) is 7.53. The minimum Gasteiger partial charge on any atom is -0.496 e. The smallest absolute Gasteiger partial charge is 0.231 e. The third-order valence-corrected chi connectivity index (χ3v) is 1.99. The van der Waals surface area contributed by atoms with Gasteiger partial charge >= 0.3 is 0 Å². The average Bonchev–Trinajstić information content (AvgIpc) is 2.65. The van der Waals surface area contributed by atoms with E-state index >= 15 is 0 Å². The Morgan fingerprint density at radius 1 is 1.36 bits per heavy atom. The number of methoxy groups -OCH3 is 1. The van der Waals surface area contributed by atoms with Crippen LogP contribution in [0.5, 0.6) is 5.75 Å². The van der Waals surface area contributed by atoms with Crippen LogP contribution < -0.4 is 4.74 Å². The van der Waals surface area contributed by atoms with Crippen LogP contribution in [0.2, 0.25) is 5.22 Å². The molecule has 0 aliphatic rings.